The second-order valence-corrected chi connectivity index (χ2v) is 5.95. The summed E-state index contributed by atoms with van der Waals surface area (Å²) in [5, 5.41) is 4.23. The van der Waals surface area contributed by atoms with Crippen LogP contribution in [0.3, 0.4) is 0 Å². The van der Waals surface area contributed by atoms with Gasteiger partial charge in [-0.3, -0.25) is 4.68 Å². The highest BCUT2D eigenvalue weighted by Crippen LogP contribution is 2.23. The molecule has 2 rings (SSSR count). The molecule has 0 spiro atoms. The Morgan fingerprint density at radius 3 is 2.53 bits per heavy atom. The number of amides is 1. The van der Waals surface area contributed by atoms with Gasteiger partial charge in [-0.05, 0) is 39.2 Å². The minimum atomic E-state index is -0.440. The molecular formula is C14H21N3O2. The zero-order chi connectivity index (χ0) is 14.0. The third-order valence-electron chi connectivity index (χ3n) is 3.11. The molecule has 0 atom stereocenters. The lowest BCUT2D eigenvalue weighted by Crippen LogP contribution is -2.42. The molecule has 0 N–H and O–H groups in total. The average molecular weight is 263 g/mol. The van der Waals surface area contributed by atoms with E-state index in [9.17, 15) is 4.79 Å². The largest absolute Gasteiger partial charge is 0.444 e. The van der Waals surface area contributed by atoms with Gasteiger partial charge in [0.2, 0.25) is 0 Å². The topological polar surface area (TPSA) is 47.4 Å². The maximum absolute atomic E-state index is 11.9. The molecule has 19 heavy (non-hydrogen) atoms. The summed E-state index contributed by atoms with van der Waals surface area (Å²) >= 11 is 0. The number of ether oxygens (including phenoxy) is 1. The van der Waals surface area contributed by atoms with Gasteiger partial charge in [-0.25, -0.2) is 4.79 Å². The van der Waals surface area contributed by atoms with Gasteiger partial charge in [-0.15, -0.1) is 0 Å². The Balaban J connectivity index is 1.87. The fourth-order valence-corrected chi connectivity index (χ4v) is 2.19. The number of carbonyl (C=O) groups is 1. The van der Waals surface area contributed by atoms with Crippen molar-refractivity contribution < 1.29 is 9.53 Å². The van der Waals surface area contributed by atoms with E-state index in [1.165, 1.54) is 0 Å². The van der Waals surface area contributed by atoms with Gasteiger partial charge < -0.3 is 9.64 Å². The maximum Gasteiger partial charge on any atom is 0.410 e. The van der Waals surface area contributed by atoms with E-state index in [2.05, 4.69) is 5.10 Å². The third kappa shape index (κ3) is 3.72. The number of carbonyl (C=O) groups excluding carboxylic acids is 1. The summed E-state index contributed by atoms with van der Waals surface area (Å²) in [6.45, 7) is 12.7. The normalized spacial score (nSPS) is 17.6. The van der Waals surface area contributed by atoms with E-state index in [1.807, 2.05) is 31.6 Å². The third-order valence-corrected chi connectivity index (χ3v) is 3.11. The lowest BCUT2D eigenvalue weighted by molar-refractivity contribution is 0.0185. The zero-order valence-corrected chi connectivity index (χ0v) is 11.8. The van der Waals surface area contributed by atoms with Gasteiger partial charge in [-0.1, -0.05) is 0 Å². The molecule has 1 saturated heterocycles. The van der Waals surface area contributed by atoms with Crippen molar-refractivity contribution in [3.63, 3.8) is 0 Å². The van der Waals surface area contributed by atoms with Crippen molar-refractivity contribution in [2.24, 2.45) is 0 Å². The highest BCUT2D eigenvalue weighted by atomic mass is 16.6. The fraction of sp³-hybridized carbons (Fsp3) is 0.643. The van der Waals surface area contributed by atoms with E-state index in [1.54, 1.807) is 11.1 Å². The van der Waals surface area contributed by atoms with Gasteiger partial charge in [0.25, 0.3) is 0 Å². The van der Waals surface area contributed by atoms with Crippen molar-refractivity contribution in [3.05, 3.63) is 24.9 Å². The molecule has 0 saturated carbocycles. The average Bonchev–Trinajstić information content (AvgIpc) is 2.74. The Hall–Kier alpha value is -1.52. The molecule has 1 amide bonds. The predicted molar refractivity (Wildman–Crippen MR) is 71.7 cm³/mol. The van der Waals surface area contributed by atoms with E-state index in [-0.39, 0.29) is 6.09 Å². The Bertz CT molecular complexity index is 440. The monoisotopic (exact) mass is 263 g/mol. The summed E-state index contributed by atoms with van der Waals surface area (Å²) in [6, 6.07) is 0.316. The van der Waals surface area contributed by atoms with Crippen molar-refractivity contribution in [2.75, 3.05) is 13.1 Å². The number of likely N-dealkylation sites (tertiary alicyclic amines) is 1. The maximum atomic E-state index is 11.9. The van der Waals surface area contributed by atoms with E-state index in [0.29, 0.717) is 24.7 Å². The van der Waals surface area contributed by atoms with E-state index in [4.69, 9.17) is 11.7 Å². The Labute approximate surface area is 114 Å². The summed E-state index contributed by atoms with van der Waals surface area (Å²) in [5.74, 6) is 0. The van der Waals surface area contributed by atoms with Crippen molar-refractivity contribution in [2.45, 2.75) is 45.3 Å². The summed E-state index contributed by atoms with van der Waals surface area (Å²) < 4.78 is 7.26. The van der Waals surface area contributed by atoms with Crippen LogP contribution < -0.4 is 0 Å². The van der Waals surface area contributed by atoms with Gasteiger partial charge in [0.15, 0.2) is 0 Å². The van der Waals surface area contributed by atoms with Gasteiger partial charge in [0.05, 0.1) is 12.2 Å². The van der Waals surface area contributed by atoms with Crippen LogP contribution in [0.25, 0.3) is 0 Å². The standard InChI is InChI=1S/C14H21N3O2/c1-11-9-15-17(10-11)12-5-7-16(8-6-12)13(18)19-14(2,3)4/h1,9-10,12H,5-8H2,2-4H3. The molecule has 5 heteroatoms. The van der Waals surface area contributed by atoms with Crippen molar-refractivity contribution in [3.8, 4) is 0 Å². The molecular weight excluding hydrogens is 242 g/mol. The van der Waals surface area contributed by atoms with Gasteiger partial charge in [-0.2, -0.15) is 5.10 Å². The Morgan fingerprint density at radius 2 is 2.05 bits per heavy atom. The molecule has 1 aromatic heterocycles. The molecule has 5 nitrogen and oxygen atoms in total. The van der Waals surface area contributed by atoms with Crippen LogP contribution in [0.2, 0.25) is 0 Å². The highest BCUT2D eigenvalue weighted by molar-refractivity contribution is 5.68. The van der Waals surface area contributed by atoms with Crippen LogP contribution in [0.5, 0.6) is 0 Å². The van der Waals surface area contributed by atoms with Crippen LogP contribution in [0, 0.1) is 6.92 Å². The van der Waals surface area contributed by atoms with Crippen LogP contribution in [0.15, 0.2) is 12.4 Å². The van der Waals surface area contributed by atoms with E-state index < -0.39 is 5.60 Å². The molecule has 2 heterocycles. The molecule has 1 aliphatic heterocycles. The summed E-state index contributed by atoms with van der Waals surface area (Å²) in [7, 11) is 0. The lowest BCUT2D eigenvalue weighted by Gasteiger charge is -2.33. The number of aromatic nitrogens is 2. The molecule has 104 valence electrons. The highest BCUT2D eigenvalue weighted by Gasteiger charge is 2.27. The molecule has 0 aliphatic carbocycles. The first-order valence-corrected chi connectivity index (χ1v) is 6.63. The Kier molecular flexibility index (Phi) is 3.83. The number of piperidine rings is 1. The number of hydrogen-bond donors (Lipinski definition) is 0. The smallest absolute Gasteiger partial charge is 0.410 e. The molecule has 1 aliphatic rings. The summed E-state index contributed by atoms with van der Waals surface area (Å²) in [4.78, 5) is 13.7. The number of rotatable bonds is 1. The molecule has 0 unspecified atom stereocenters. The van der Waals surface area contributed by atoms with Crippen molar-refractivity contribution in [1.82, 2.24) is 14.7 Å². The molecule has 2 radical (unpaired) electrons. The quantitative estimate of drug-likeness (QED) is 0.782. The zero-order valence-electron chi connectivity index (χ0n) is 11.8. The second-order valence-electron chi connectivity index (χ2n) is 5.95. The minimum absolute atomic E-state index is 0.231. The number of hydrogen-bond acceptors (Lipinski definition) is 3. The Morgan fingerprint density at radius 1 is 1.42 bits per heavy atom. The van der Waals surface area contributed by atoms with E-state index >= 15 is 0 Å². The van der Waals surface area contributed by atoms with Crippen LogP contribution >= 0.6 is 0 Å². The summed E-state index contributed by atoms with van der Waals surface area (Å²) in [6.07, 6.45) is 5.01. The van der Waals surface area contributed by atoms with Crippen molar-refractivity contribution >= 4 is 6.09 Å². The first-order chi connectivity index (χ1) is 8.85. The van der Waals surface area contributed by atoms with Crippen LogP contribution in [-0.4, -0.2) is 39.5 Å². The first-order valence-electron chi connectivity index (χ1n) is 6.63. The molecule has 1 aromatic rings. The first kappa shape index (κ1) is 13.9. The van der Waals surface area contributed by atoms with Crippen molar-refractivity contribution in [1.29, 1.82) is 0 Å². The number of nitrogens with zero attached hydrogens (tertiary/aromatic N) is 3. The van der Waals surface area contributed by atoms with Crippen LogP contribution in [-0.2, 0) is 4.74 Å². The van der Waals surface area contributed by atoms with Gasteiger partial charge in [0, 0.05) is 26.2 Å². The predicted octanol–water partition coefficient (Wildman–Crippen LogP) is 2.51. The van der Waals surface area contributed by atoms with Crippen LogP contribution in [0.1, 0.15) is 45.2 Å². The molecule has 0 bridgehead atoms. The minimum Gasteiger partial charge on any atom is -0.444 e. The van der Waals surface area contributed by atoms with Gasteiger partial charge >= 0.3 is 6.09 Å². The molecule has 0 aromatic carbocycles. The second kappa shape index (κ2) is 5.23. The van der Waals surface area contributed by atoms with E-state index in [0.717, 1.165) is 12.8 Å². The van der Waals surface area contributed by atoms with Gasteiger partial charge in [0.1, 0.15) is 5.60 Å². The van der Waals surface area contributed by atoms with Crippen LogP contribution in [0.4, 0.5) is 4.79 Å². The molecule has 1 fully saturated rings. The fourth-order valence-electron chi connectivity index (χ4n) is 2.19. The summed E-state index contributed by atoms with van der Waals surface area (Å²) in [5.41, 5.74) is 0.235. The SMILES string of the molecule is [CH]c1cnn(C2CCN(C(=O)OC(C)(C)C)CC2)c1. The lowest BCUT2D eigenvalue weighted by atomic mass is 10.1.